The Bertz CT molecular complexity index is 1290. The van der Waals surface area contributed by atoms with E-state index in [9.17, 15) is 33.6 Å². The number of nitrogens with one attached hydrogen (secondary N) is 3. The van der Waals surface area contributed by atoms with Crippen LogP contribution in [-0.2, 0) is 35.3 Å². The number of rotatable bonds is 20. The fraction of sp³-hybridized carbons (Fsp3) is 0.629. The summed E-state index contributed by atoms with van der Waals surface area (Å²) in [6, 6.07) is 5.17. The van der Waals surface area contributed by atoms with Crippen LogP contribution in [0.1, 0.15) is 85.6 Å². The number of benzene rings is 1. The van der Waals surface area contributed by atoms with Crippen LogP contribution in [0.3, 0.4) is 0 Å². The molecule has 0 aliphatic rings. The van der Waals surface area contributed by atoms with Gasteiger partial charge in [-0.25, -0.2) is 9.59 Å². The number of ether oxygens (including phenoxy) is 1. The minimum atomic E-state index is -0.837. The second-order valence-electron chi connectivity index (χ2n) is 13.6. The molecule has 14 heteroatoms. The Kier molecular flexibility index (Phi) is 18.0. The largest absolute Gasteiger partial charge is 0.445 e. The van der Waals surface area contributed by atoms with Crippen molar-refractivity contribution < 1.29 is 38.3 Å². The first-order chi connectivity index (χ1) is 22.8. The maximum absolute atomic E-state index is 13.4. The number of nitrogens with zero attached hydrogens (tertiary/aromatic N) is 2. The van der Waals surface area contributed by atoms with Gasteiger partial charge in [0.2, 0.25) is 17.7 Å². The van der Waals surface area contributed by atoms with Gasteiger partial charge in [0.25, 0.3) is 0 Å². The standard InChI is InChI=1S/C35H56N6O8/c1-9-27(42)16-17-29(44)39-30(23(2)3)28(43)21-25(11-10-18-37-33(36)47)31(45)38-26-14-12-24(13-15-26)22-49-34(48)41(8)20-19-40(7)32(46)35(4,5)6/h12-15,23,25,30H,9-11,16-22H2,1-8H3,(H,38,45)(H,39,44)(H3,36,37,47)/t25-,30+/m1/s1. The van der Waals surface area contributed by atoms with Crippen molar-refractivity contribution in [1.82, 2.24) is 20.4 Å². The van der Waals surface area contributed by atoms with Crippen LogP contribution >= 0.6 is 0 Å². The van der Waals surface area contributed by atoms with Crippen molar-refractivity contribution in [3.8, 4) is 0 Å². The van der Waals surface area contributed by atoms with Crippen LogP contribution < -0.4 is 21.7 Å². The van der Waals surface area contributed by atoms with Crippen LogP contribution in [0.2, 0.25) is 0 Å². The third kappa shape index (κ3) is 16.4. The van der Waals surface area contributed by atoms with Crippen LogP contribution in [0, 0.1) is 17.3 Å². The zero-order valence-electron chi connectivity index (χ0n) is 30.4. The summed E-state index contributed by atoms with van der Waals surface area (Å²) in [6.45, 7) is 11.7. The van der Waals surface area contributed by atoms with E-state index < -0.39 is 41.3 Å². The van der Waals surface area contributed by atoms with E-state index >= 15 is 0 Å². The summed E-state index contributed by atoms with van der Waals surface area (Å²) >= 11 is 0. The van der Waals surface area contributed by atoms with Crippen LogP contribution in [-0.4, -0.2) is 91.0 Å². The highest BCUT2D eigenvalue weighted by molar-refractivity contribution is 5.97. The van der Waals surface area contributed by atoms with E-state index in [2.05, 4.69) is 16.0 Å². The molecule has 0 aliphatic heterocycles. The van der Waals surface area contributed by atoms with Crippen molar-refractivity contribution in [2.24, 2.45) is 23.0 Å². The zero-order valence-corrected chi connectivity index (χ0v) is 30.4. The molecule has 0 aromatic heterocycles. The molecule has 0 saturated carbocycles. The topological polar surface area (TPSA) is 197 Å². The lowest BCUT2D eigenvalue weighted by Crippen LogP contribution is -2.45. The van der Waals surface area contributed by atoms with Crippen molar-refractivity contribution in [2.75, 3.05) is 39.0 Å². The average Bonchev–Trinajstić information content (AvgIpc) is 3.04. The molecule has 0 fully saturated rings. The van der Waals surface area contributed by atoms with Gasteiger partial charge in [-0.15, -0.1) is 0 Å². The maximum Gasteiger partial charge on any atom is 0.409 e. The predicted molar refractivity (Wildman–Crippen MR) is 186 cm³/mol. The number of nitrogens with two attached hydrogens (primary N) is 1. The molecule has 274 valence electrons. The second kappa shape index (κ2) is 20.8. The van der Waals surface area contributed by atoms with Gasteiger partial charge in [0, 0.05) is 76.4 Å². The number of anilines is 1. The summed E-state index contributed by atoms with van der Waals surface area (Å²) in [5.41, 5.74) is 5.77. The fourth-order valence-corrected chi connectivity index (χ4v) is 4.80. The SMILES string of the molecule is CCC(=O)CCC(=O)N[C@H](C(=O)C[C@@H](CCCNC(N)=O)C(=O)Nc1ccc(COC(=O)N(C)CCN(C)C(=O)C(C)(C)C)cc1)C(C)C. The molecule has 0 radical (unpaired) electrons. The fourth-order valence-electron chi connectivity index (χ4n) is 4.80. The molecule has 0 unspecified atom stereocenters. The number of likely N-dealkylation sites (N-methyl/N-ethyl adjacent to an activating group) is 2. The van der Waals surface area contributed by atoms with Gasteiger partial charge in [-0.05, 0) is 36.5 Å². The number of hydrogen-bond donors (Lipinski definition) is 4. The van der Waals surface area contributed by atoms with Gasteiger partial charge in [-0.2, -0.15) is 0 Å². The van der Waals surface area contributed by atoms with Crippen molar-refractivity contribution in [3.63, 3.8) is 0 Å². The van der Waals surface area contributed by atoms with Crippen LogP contribution in [0.25, 0.3) is 0 Å². The number of urea groups is 1. The molecule has 1 aromatic rings. The Morgan fingerprint density at radius 2 is 1.53 bits per heavy atom. The lowest BCUT2D eigenvalue weighted by Gasteiger charge is -2.27. The van der Waals surface area contributed by atoms with Gasteiger partial charge in [-0.3, -0.25) is 24.0 Å². The van der Waals surface area contributed by atoms with E-state index in [1.165, 1.54) is 4.90 Å². The number of carbonyl (C=O) groups is 7. The summed E-state index contributed by atoms with van der Waals surface area (Å²) in [6.07, 6.45) is 0.359. The molecule has 2 atom stereocenters. The van der Waals surface area contributed by atoms with E-state index in [1.54, 1.807) is 64.0 Å². The highest BCUT2D eigenvalue weighted by Gasteiger charge is 2.30. The quantitative estimate of drug-likeness (QED) is 0.149. The summed E-state index contributed by atoms with van der Waals surface area (Å²) in [5, 5.41) is 8.03. The molecule has 1 rings (SSSR count). The van der Waals surface area contributed by atoms with Crippen LogP contribution in [0.5, 0.6) is 0 Å². The Morgan fingerprint density at radius 3 is 2.08 bits per heavy atom. The first-order valence-electron chi connectivity index (χ1n) is 16.8. The number of hydrogen-bond acceptors (Lipinski definition) is 8. The molecular formula is C35H56N6O8. The highest BCUT2D eigenvalue weighted by Crippen LogP contribution is 2.20. The maximum atomic E-state index is 13.4. The van der Waals surface area contributed by atoms with Gasteiger partial charge in [-0.1, -0.05) is 53.7 Å². The minimum absolute atomic E-state index is 0.00688. The molecule has 1 aromatic carbocycles. The van der Waals surface area contributed by atoms with E-state index in [1.807, 2.05) is 20.8 Å². The van der Waals surface area contributed by atoms with Gasteiger partial charge < -0.3 is 36.2 Å². The van der Waals surface area contributed by atoms with E-state index in [0.29, 0.717) is 37.2 Å². The summed E-state index contributed by atoms with van der Waals surface area (Å²) in [5.74, 6) is -2.22. The summed E-state index contributed by atoms with van der Waals surface area (Å²) in [7, 11) is 3.28. The van der Waals surface area contributed by atoms with Crippen molar-refractivity contribution >= 4 is 47.1 Å². The van der Waals surface area contributed by atoms with Gasteiger partial charge in [0.05, 0.1) is 6.04 Å². The second-order valence-corrected chi connectivity index (χ2v) is 13.6. The average molecular weight is 689 g/mol. The first-order valence-corrected chi connectivity index (χ1v) is 16.8. The minimum Gasteiger partial charge on any atom is -0.445 e. The van der Waals surface area contributed by atoms with Gasteiger partial charge >= 0.3 is 12.1 Å². The van der Waals surface area contributed by atoms with Gasteiger partial charge in [0.1, 0.15) is 12.4 Å². The first kappa shape index (κ1) is 42.5. The van der Waals surface area contributed by atoms with Crippen LogP contribution in [0.4, 0.5) is 15.3 Å². The van der Waals surface area contributed by atoms with Crippen molar-refractivity contribution in [3.05, 3.63) is 29.8 Å². The Morgan fingerprint density at radius 1 is 0.918 bits per heavy atom. The monoisotopic (exact) mass is 688 g/mol. The number of ketones is 2. The van der Waals surface area contributed by atoms with E-state index in [0.717, 1.165) is 0 Å². The smallest absolute Gasteiger partial charge is 0.409 e. The molecule has 0 heterocycles. The Labute approximate surface area is 290 Å². The number of primary amides is 1. The normalized spacial score (nSPS) is 12.3. The summed E-state index contributed by atoms with van der Waals surface area (Å²) in [4.78, 5) is 89.8. The van der Waals surface area contributed by atoms with E-state index in [4.69, 9.17) is 10.5 Å². The Balaban J connectivity index is 2.84. The lowest BCUT2D eigenvalue weighted by atomic mass is 9.89. The van der Waals surface area contributed by atoms with Crippen molar-refractivity contribution in [1.29, 1.82) is 0 Å². The molecule has 14 nitrogen and oxygen atoms in total. The number of Topliss-reactive ketones (excluding diaryl/α,β-unsaturated/α-hetero) is 2. The molecule has 5 N–H and O–H groups in total. The summed E-state index contributed by atoms with van der Waals surface area (Å²) < 4.78 is 5.40. The molecular weight excluding hydrogens is 632 g/mol. The number of amides is 6. The molecule has 0 bridgehead atoms. The molecule has 49 heavy (non-hydrogen) atoms. The third-order valence-electron chi connectivity index (χ3n) is 7.86. The molecule has 0 aliphatic carbocycles. The number of carbonyl (C=O) groups excluding carboxylic acids is 7. The lowest BCUT2D eigenvalue weighted by molar-refractivity contribution is -0.138. The molecule has 0 saturated heterocycles. The van der Waals surface area contributed by atoms with Crippen molar-refractivity contribution in [2.45, 2.75) is 92.7 Å². The van der Waals surface area contributed by atoms with E-state index in [-0.39, 0.29) is 62.2 Å². The molecule has 6 amide bonds. The Hall–Kier alpha value is -4.49. The van der Waals surface area contributed by atoms with Gasteiger partial charge in [0.15, 0.2) is 5.78 Å². The highest BCUT2D eigenvalue weighted by atomic mass is 16.6. The predicted octanol–water partition coefficient (Wildman–Crippen LogP) is 3.62. The zero-order chi connectivity index (χ0) is 37.3. The molecule has 0 spiro atoms. The third-order valence-corrected chi connectivity index (χ3v) is 7.86. The van der Waals surface area contributed by atoms with Crippen LogP contribution in [0.15, 0.2) is 24.3 Å².